The minimum Gasteiger partial charge on any atom is -0.493 e. The van der Waals surface area contributed by atoms with E-state index >= 15 is 0 Å². The van der Waals surface area contributed by atoms with Crippen LogP contribution in [-0.2, 0) is 4.79 Å². The number of hydrogen-bond acceptors (Lipinski definition) is 2. The van der Waals surface area contributed by atoms with Crippen molar-refractivity contribution in [2.24, 2.45) is 5.92 Å². The van der Waals surface area contributed by atoms with Crippen LogP contribution in [0.5, 0.6) is 5.75 Å². The molecule has 2 aromatic rings. The molecular weight excluding hydrogens is 274 g/mol. The highest BCUT2D eigenvalue weighted by Crippen LogP contribution is 2.18. The summed E-state index contributed by atoms with van der Waals surface area (Å²) in [5.41, 5.74) is 1.72. The Morgan fingerprint density at radius 2 is 1.91 bits per heavy atom. The van der Waals surface area contributed by atoms with E-state index in [0.717, 1.165) is 17.0 Å². The molecule has 0 aliphatic rings. The Morgan fingerprint density at radius 3 is 2.64 bits per heavy atom. The van der Waals surface area contributed by atoms with E-state index in [0.29, 0.717) is 12.5 Å². The zero-order chi connectivity index (χ0) is 15.8. The number of nitrogens with one attached hydrogen (secondary N) is 1. The number of rotatable bonds is 6. The quantitative estimate of drug-likeness (QED) is 0.803. The number of carbonyl (C=O) groups excluding carboxylic acids is 1. The van der Waals surface area contributed by atoms with E-state index in [9.17, 15) is 4.79 Å². The maximum atomic E-state index is 11.9. The van der Waals surface area contributed by atoms with Crippen molar-refractivity contribution in [3.8, 4) is 5.75 Å². The van der Waals surface area contributed by atoms with Crippen LogP contribution in [0.15, 0.2) is 60.7 Å². The smallest absolute Gasteiger partial charge is 0.248 e. The standard InChI is InChI=1S/C19H21NO2/c1-15(2)14-22-18-10-6-9-17(13-18)20-19(21)12-11-16-7-4-3-5-8-16/h3-13,15H,14H2,1-2H3,(H,20,21)/b12-11+. The van der Waals surface area contributed by atoms with Crippen LogP contribution in [0, 0.1) is 5.92 Å². The number of carbonyl (C=O) groups is 1. The second kappa shape index (κ2) is 8.03. The Labute approximate surface area is 131 Å². The summed E-state index contributed by atoms with van der Waals surface area (Å²) in [4.78, 5) is 11.9. The molecule has 1 amide bonds. The van der Waals surface area contributed by atoms with Crippen molar-refractivity contribution < 1.29 is 9.53 Å². The lowest BCUT2D eigenvalue weighted by Crippen LogP contribution is -2.08. The average Bonchev–Trinajstić information content (AvgIpc) is 2.52. The maximum absolute atomic E-state index is 11.9. The molecule has 2 aromatic carbocycles. The fourth-order valence-electron chi connectivity index (χ4n) is 1.85. The summed E-state index contributed by atoms with van der Waals surface area (Å²) in [5.74, 6) is 1.07. The highest BCUT2D eigenvalue weighted by Gasteiger charge is 2.01. The predicted molar refractivity (Wildman–Crippen MR) is 90.9 cm³/mol. The fourth-order valence-corrected chi connectivity index (χ4v) is 1.85. The van der Waals surface area contributed by atoms with Crippen LogP contribution in [0.2, 0.25) is 0 Å². The van der Waals surface area contributed by atoms with Gasteiger partial charge in [-0.25, -0.2) is 0 Å². The number of anilines is 1. The minimum absolute atomic E-state index is 0.162. The highest BCUT2D eigenvalue weighted by molar-refractivity contribution is 6.02. The Bertz CT molecular complexity index is 633. The first kappa shape index (κ1) is 15.8. The highest BCUT2D eigenvalue weighted by atomic mass is 16.5. The summed E-state index contributed by atoms with van der Waals surface area (Å²) in [7, 11) is 0. The van der Waals surface area contributed by atoms with Crippen molar-refractivity contribution in [3.63, 3.8) is 0 Å². The van der Waals surface area contributed by atoms with Crippen LogP contribution in [0.1, 0.15) is 19.4 Å². The van der Waals surface area contributed by atoms with Gasteiger partial charge in [-0.05, 0) is 29.7 Å². The van der Waals surface area contributed by atoms with Crippen molar-refractivity contribution >= 4 is 17.7 Å². The molecule has 0 saturated heterocycles. The fraction of sp³-hybridized carbons (Fsp3) is 0.211. The van der Waals surface area contributed by atoms with Gasteiger partial charge in [-0.2, -0.15) is 0 Å². The van der Waals surface area contributed by atoms with Gasteiger partial charge in [0.25, 0.3) is 0 Å². The molecule has 0 aliphatic carbocycles. The van der Waals surface area contributed by atoms with Gasteiger partial charge in [0.2, 0.25) is 5.91 Å². The van der Waals surface area contributed by atoms with E-state index in [2.05, 4.69) is 19.2 Å². The summed E-state index contributed by atoms with van der Waals surface area (Å²) in [6, 6.07) is 17.1. The molecule has 3 heteroatoms. The predicted octanol–water partition coefficient (Wildman–Crippen LogP) is 4.37. The molecule has 0 aromatic heterocycles. The monoisotopic (exact) mass is 295 g/mol. The van der Waals surface area contributed by atoms with Gasteiger partial charge in [-0.15, -0.1) is 0 Å². The maximum Gasteiger partial charge on any atom is 0.248 e. The SMILES string of the molecule is CC(C)COc1cccc(NC(=O)/C=C/c2ccccc2)c1. The normalized spacial score (nSPS) is 10.9. The van der Waals surface area contributed by atoms with E-state index in [1.165, 1.54) is 6.08 Å². The van der Waals surface area contributed by atoms with Gasteiger partial charge in [-0.3, -0.25) is 4.79 Å². The van der Waals surface area contributed by atoms with E-state index in [1.54, 1.807) is 6.08 Å². The molecular formula is C19H21NO2. The summed E-state index contributed by atoms with van der Waals surface area (Å²) >= 11 is 0. The lowest BCUT2D eigenvalue weighted by atomic mass is 10.2. The minimum atomic E-state index is -0.162. The Hall–Kier alpha value is -2.55. The molecule has 0 radical (unpaired) electrons. The third-order valence-corrected chi connectivity index (χ3v) is 2.91. The lowest BCUT2D eigenvalue weighted by molar-refractivity contribution is -0.111. The topological polar surface area (TPSA) is 38.3 Å². The van der Waals surface area contributed by atoms with Crippen LogP contribution in [0.3, 0.4) is 0 Å². The Balaban J connectivity index is 1.94. The van der Waals surface area contributed by atoms with Gasteiger partial charge in [0.05, 0.1) is 6.61 Å². The van der Waals surface area contributed by atoms with Crippen LogP contribution >= 0.6 is 0 Å². The third-order valence-electron chi connectivity index (χ3n) is 2.91. The molecule has 114 valence electrons. The average molecular weight is 295 g/mol. The van der Waals surface area contributed by atoms with Gasteiger partial charge >= 0.3 is 0 Å². The zero-order valence-electron chi connectivity index (χ0n) is 13.0. The first-order chi connectivity index (χ1) is 10.6. The second-order valence-electron chi connectivity index (χ2n) is 5.47. The van der Waals surface area contributed by atoms with Gasteiger partial charge in [-0.1, -0.05) is 50.2 Å². The molecule has 3 nitrogen and oxygen atoms in total. The van der Waals surface area contributed by atoms with Crippen LogP contribution < -0.4 is 10.1 Å². The van der Waals surface area contributed by atoms with Crippen molar-refractivity contribution in [2.45, 2.75) is 13.8 Å². The lowest BCUT2D eigenvalue weighted by Gasteiger charge is -2.10. The molecule has 2 rings (SSSR count). The van der Waals surface area contributed by atoms with Crippen molar-refractivity contribution in [1.82, 2.24) is 0 Å². The third kappa shape index (κ3) is 5.44. The zero-order valence-corrected chi connectivity index (χ0v) is 13.0. The molecule has 0 unspecified atom stereocenters. The first-order valence-electron chi connectivity index (χ1n) is 7.40. The number of hydrogen-bond donors (Lipinski definition) is 1. The van der Waals surface area contributed by atoms with Gasteiger partial charge in [0.15, 0.2) is 0 Å². The molecule has 0 atom stereocenters. The van der Waals surface area contributed by atoms with Gasteiger partial charge in [0.1, 0.15) is 5.75 Å². The molecule has 0 heterocycles. The summed E-state index contributed by atoms with van der Waals surface area (Å²) in [6.07, 6.45) is 3.31. The van der Waals surface area contributed by atoms with E-state index in [1.807, 2.05) is 54.6 Å². The van der Waals surface area contributed by atoms with Crippen molar-refractivity contribution in [1.29, 1.82) is 0 Å². The molecule has 0 fully saturated rings. The van der Waals surface area contributed by atoms with Crippen LogP contribution in [-0.4, -0.2) is 12.5 Å². The summed E-state index contributed by atoms with van der Waals surface area (Å²) in [6.45, 7) is 4.85. The van der Waals surface area contributed by atoms with E-state index in [4.69, 9.17) is 4.74 Å². The van der Waals surface area contributed by atoms with Gasteiger partial charge in [0, 0.05) is 17.8 Å². The molecule has 0 aliphatic heterocycles. The molecule has 0 spiro atoms. The largest absolute Gasteiger partial charge is 0.493 e. The number of ether oxygens (including phenoxy) is 1. The first-order valence-corrected chi connectivity index (χ1v) is 7.40. The number of amides is 1. The molecule has 0 saturated carbocycles. The second-order valence-corrected chi connectivity index (χ2v) is 5.47. The van der Waals surface area contributed by atoms with Crippen molar-refractivity contribution in [3.05, 3.63) is 66.2 Å². The molecule has 0 bridgehead atoms. The van der Waals surface area contributed by atoms with E-state index in [-0.39, 0.29) is 5.91 Å². The Morgan fingerprint density at radius 1 is 1.14 bits per heavy atom. The van der Waals surface area contributed by atoms with Crippen LogP contribution in [0.25, 0.3) is 6.08 Å². The number of benzene rings is 2. The van der Waals surface area contributed by atoms with Crippen LogP contribution in [0.4, 0.5) is 5.69 Å². The molecule has 22 heavy (non-hydrogen) atoms. The summed E-state index contributed by atoms with van der Waals surface area (Å²) < 4.78 is 5.65. The van der Waals surface area contributed by atoms with Gasteiger partial charge < -0.3 is 10.1 Å². The van der Waals surface area contributed by atoms with E-state index < -0.39 is 0 Å². The molecule has 1 N–H and O–H groups in total. The van der Waals surface area contributed by atoms with Crippen molar-refractivity contribution in [2.75, 3.05) is 11.9 Å². The summed E-state index contributed by atoms with van der Waals surface area (Å²) in [5, 5.41) is 2.83. The Kier molecular flexibility index (Phi) is 5.78.